The monoisotopic (exact) mass is 427 g/mol. The van der Waals surface area contributed by atoms with Crippen LogP contribution in [0.4, 0.5) is 10.1 Å². The number of nitrogens with two attached hydrogens (primary N) is 1. The summed E-state index contributed by atoms with van der Waals surface area (Å²) in [4.78, 5) is 3.20. The molecule has 0 fully saturated rings. The molecule has 0 spiro atoms. The SMILES string of the molecule is Nc1cc2nsnc2cc1F.O=S([O-])c1c[nH]c2cc(Br)ccc12. The predicted molar refractivity (Wildman–Crippen MR) is 95.0 cm³/mol. The van der Waals surface area contributed by atoms with Gasteiger partial charge in [-0.1, -0.05) is 22.0 Å². The Morgan fingerprint density at radius 2 is 1.96 bits per heavy atom. The van der Waals surface area contributed by atoms with Gasteiger partial charge in [-0.25, -0.2) is 4.39 Å². The first-order valence-electron chi connectivity index (χ1n) is 6.49. The molecule has 0 amide bonds. The molecule has 0 aliphatic carbocycles. The number of benzene rings is 2. The molecule has 0 radical (unpaired) electrons. The van der Waals surface area contributed by atoms with Gasteiger partial charge < -0.3 is 15.3 Å². The molecule has 2 heterocycles. The maximum Gasteiger partial charge on any atom is 0.148 e. The number of fused-ring (bicyclic) bond motifs is 2. The normalized spacial score (nSPS) is 12.1. The molecule has 0 aliphatic heterocycles. The van der Waals surface area contributed by atoms with Crippen molar-refractivity contribution in [3.63, 3.8) is 0 Å². The Kier molecular flexibility index (Phi) is 4.90. The van der Waals surface area contributed by atoms with Gasteiger partial charge in [-0.2, -0.15) is 8.75 Å². The van der Waals surface area contributed by atoms with Gasteiger partial charge in [0.2, 0.25) is 0 Å². The minimum Gasteiger partial charge on any atom is -0.768 e. The lowest BCUT2D eigenvalue weighted by atomic mass is 10.2. The Labute approximate surface area is 150 Å². The van der Waals surface area contributed by atoms with Crippen LogP contribution in [0.2, 0.25) is 0 Å². The zero-order chi connectivity index (χ0) is 17.3. The average Bonchev–Trinajstić information content (AvgIpc) is 3.14. The Morgan fingerprint density at radius 1 is 1.25 bits per heavy atom. The molecule has 4 rings (SSSR count). The molecule has 124 valence electrons. The van der Waals surface area contributed by atoms with Gasteiger partial charge in [0.1, 0.15) is 16.9 Å². The van der Waals surface area contributed by atoms with E-state index in [1.807, 2.05) is 12.1 Å². The number of H-pyrrole nitrogens is 1. The van der Waals surface area contributed by atoms with E-state index in [0.717, 1.165) is 27.1 Å². The Hall–Kier alpha value is -1.88. The van der Waals surface area contributed by atoms with Crippen molar-refractivity contribution in [2.75, 3.05) is 5.73 Å². The average molecular weight is 428 g/mol. The second-order valence-electron chi connectivity index (χ2n) is 4.70. The number of rotatable bonds is 1. The van der Waals surface area contributed by atoms with Crippen LogP contribution in [0.25, 0.3) is 21.9 Å². The van der Waals surface area contributed by atoms with Crippen molar-refractivity contribution in [1.29, 1.82) is 0 Å². The summed E-state index contributed by atoms with van der Waals surface area (Å²) in [6.45, 7) is 0. The number of aromatic amines is 1. The highest BCUT2D eigenvalue weighted by molar-refractivity contribution is 9.10. The molecule has 0 aliphatic rings. The fourth-order valence-electron chi connectivity index (χ4n) is 2.03. The van der Waals surface area contributed by atoms with Gasteiger partial charge in [0, 0.05) is 27.6 Å². The van der Waals surface area contributed by atoms with Crippen molar-refractivity contribution >= 4 is 66.4 Å². The van der Waals surface area contributed by atoms with E-state index in [-0.39, 0.29) is 5.69 Å². The van der Waals surface area contributed by atoms with Crippen LogP contribution in [0, 0.1) is 5.82 Å². The minimum absolute atomic E-state index is 0.116. The van der Waals surface area contributed by atoms with Gasteiger partial charge in [0.05, 0.1) is 22.3 Å². The van der Waals surface area contributed by atoms with Crippen molar-refractivity contribution in [2.45, 2.75) is 4.90 Å². The third kappa shape index (κ3) is 3.46. The summed E-state index contributed by atoms with van der Waals surface area (Å²) in [6.07, 6.45) is 1.49. The summed E-state index contributed by atoms with van der Waals surface area (Å²) in [5, 5.41) is 0.719. The van der Waals surface area contributed by atoms with Gasteiger partial charge in [0.25, 0.3) is 0 Å². The van der Waals surface area contributed by atoms with Gasteiger partial charge in [-0.15, -0.1) is 0 Å². The lowest BCUT2D eigenvalue weighted by molar-refractivity contribution is 0.538. The Bertz CT molecular complexity index is 1010. The molecule has 0 bridgehead atoms. The third-order valence-electron chi connectivity index (χ3n) is 3.16. The fraction of sp³-hybridized carbons (Fsp3) is 0. The molecule has 2 aromatic carbocycles. The molecule has 24 heavy (non-hydrogen) atoms. The second-order valence-corrected chi connectivity index (χ2v) is 7.06. The molecule has 0 saturated heterocycles. The number of hydrogen-bond acceptors (Lipinski definition) is 6. The smallest absolute Gasteiger partial charge is 0.148 e. The number of anilines is 1. The number of halogens is 2. The molecular weight excluding hydrogens is 419 g/mol. The number of aromatic nitrogens is 3. The highest BCUT2D eigenvalue weighted by atomic mass is 79.9. The number of nitrogen functional groups attached to an aromatic ring is 1. The van der Waals surface area contributed by atoms with E-state index >= 15 is 0 Å². The highest BCUT2D eigenvalue weighted by Crippen LogP contribution is 2.23. The van der Waals surface area contributed by atoms with E-state index in [9.17, 15) is 13.2 Å². The van der Waals surface area contributed by atoms with E-state index in [1.54, 1.807) is 6.07 Å². The van der Waals surface area contributed by atoms with Crippen molar-refractivity contribution in [2.24, 2.45) is 0 Å². The van der Waals surface area contributed by atoms with Crippen LogP contribution in [0.5, 0.6) is 0 Å². The van der Waals surface area contributed by atoms with E-state index in [2.05, 4.69) is 29.7 Å². The molecular formula is C14H9BrFN4O2S2-. The lowest BCUT2D eigenvalue weighted by Crippen LogP contribution is -1.89. The van der Waals surface area contributed by atoms with Crippen LogP contribution in [0.15, 0.2) is 45.9 Å². The molecule has 2 aromatic heterocycles. The number of nitrogens with zero attached hydrogens (tertiary/aromatic N) is 2. The first-order chi connectivity index (χ1) is 11.5. The highest BCUT2D eigenvalue weighted by Gasteiger charge is 2.04. The zero-order valence-corrected chi connectivity index (χ0v) is 15.0. The van der Waals surface area contributed by atoms with Crippen molar-refractivity contribution in [3.8, 4) is 0 Å². The molecule has 6 nitrogen and oxygen atoms in total. The van der Waals surface area contributed by atoms with Crippen LogP contribution < -0.4 is 5.73 Å². The largest absolute Gasteiger partial charge is 0.768 e. The van der Waals surface area contributed by atoms with Crippen LogP contribution in [0.3, 0.4) is 0 Å². The molecule has 0 saturated carbocycles. The topological polar surface area (TPSA) is 108 Å². The predicted octanol–water partition coefficient (Wildman–Crippen LogP) is 3.58. The maximum absolute atomic E-state index is 12.7. The van der Waals surface area contributed by atoms with Crippen LogP contribution in [-0.2, 0) is 11.1 Å². The van der Waals surface area contributed by atoms with Gasteiger partial charge >= 0.3 is 0 Å². The van der Waals surface area contributed by atoms with E-state index in [1.165, 1.54) is 18.3 Å². The van der Waals surface area contributed by atoms with E-state index in [4.69, 9.17) is 5.73 Å². The number of nitrogens with one attached hydrogen (secondary N) is 1. The van der Waals surface area contributed by atoms with Gasteiger partial charge in [-0.05, 0) is 29.3 Å². The Morgan fingerprint density at radius 3 is 2.67 bits per heavy atom. The summed E-state index contributed by atoms with van der Waals surface area (Å²) in [6, 6.07) is 8.18. The number of hydrogen-bond donors (Lipinski definition) is 2. The van der Waals surface area contributed by atoms with Crippen molar-refractivity contribution in [1.82, 2.24) is 13.7 Å². The third-order valence-corrected chi connectivity index (χ3v) is 4.90. The molecule has 1 atom stereocenters. The lowest BCUT2D eigenvalue weighted by Gasteiger charge is -2.01. The summed E-state index contributed by atoms with van der Waals surface area (Å²) >= 11 is 2.18. The first kappa shape index (κ1) is 17.0. The van der Waals surface area contributed by atoms with Crippen molar-refractivity contribution in [3.05, 3.63) is 46.8 Å². The van der Waals surface area contributed by atoms with Crippen LogP contribution in [-0.4, -0.2) is 22.5 Å². The van der Waals surface area contributed by atoms with Crippen LogP contribution >= 0.6 is 27.7 Å². The summed E-state index contributed by atoms with van der Waals surface area (Å²) in [5.74, 6) is -0.440. The van der Waals surface area contributed by atoms with E-state index in [0.29, 0.717) is 15.9 Å². The zero-order valence-electron chi connectivity index (χ0n) is 11.8. The molecule has 3 N–H and O–H groups in total. The maximum atomic E-state index is 12.7. The summed E-state index contributed by atoms with van der Waals surface area (Å²) < 4.78 is 42.9. The van der Waals surface area contributed by atoms with Gasteiger partial charge in [0.15, 0.2) is 0 Å². The quantitative estimate of drug-likeness (QED) is 0.356. The molecule has 1 unspecified atom stereocenters. The molecule has 10 heteroatoms. The first-order valence-corrected chi connectivity index (χ1v) is 9.08. The minimum atomic E-state index is -2.18. The standard InChI is InChI=1S/C8H6BrNO2S.C6H4FN3S/c9-5-1-2-6-7(3-5)10-4-8(6)13(11)12;7-3-1-5-6(2-4(3)8)10-11-9-5/h1-4,10H,(H,11,12);1-2H,8H2/p-1. The summed E-state index contributed by atoms with van der Waals surface area (Å²) in [7, 11) is 0. The van der Waals surface area contributed by atoms with Crippen molar-refractivity contribution < 1.29 is 13.2 Å². The van der Waals surface area contributed by atoms with E-state index < -0.39 is 16.9 Å². The second kappa shape index (κ2) is 6.93. The fourth-order valence-corrected chi connectivity index (χ4v) is 3.41. The van der Waals surface area contributed by atoms with Crippen LogP contribution in [0.1, 0.15) is 0 Å². The summed E-state index contributed by atoms with van der Waals surface area (Å²) in [5.41, 5.74) is 7.44. The molecule has 4 aromatic rings. The van der Waals surface area contributed by atoms with Gasteiger partial charge in [-0.3, -0.25) is 4.21 Å². The Balaban J connectivity index is 0.000000143.